The van der Waals surface area contributed by atoms with Crippen molar-refractivity contribution in [3.05, 3.63) is 28.8 Å². The van der Waals surface area contributed by atoms with Crippen LogP contribution in [0.4, 0.5) is 0 Å². The Kier molecular flexibility index (Phi) is 6.22. The summed E-state index contributed by atoms with van der Waals surface area (Å²) in [5.41, 5.74) is 0.229. The van der Waals surface area contributed by atoms with Gasteiger partial charge in [-0.15, -0.1) is 0 Å². The van der Waals surface area contributed by atoms with E-state index in [1.165, 1.54) is 22.5 Å². The van der Waals surface area contributed by atoms with Crippen LogP contribution in [0.5, 0.6) is 0 Å². The van der Waals surface area contributed by atoms with Crippen molar-refractivity contribution in [1.82, 2.24) is 14.5 Å². The molecule has 6 nitrogen and oxygen atoms in total. The Balaban J connectivity index is 1.78. The van der Waals surface area contributed by atoms with E-state index in [9.17, 15) is 13.2 Å². The van der Waals surface area contributed by atoms with Crippen molar-refractivity contribution in [1.29, 1.82) is 0 Å². The van der Waals surface area contributed by atoms with Crippen LogP contribution in [-0.4, -0.2) is 62.3 Å². The number of rotatable bonds is 5. The van der Waals surface area contributed by atoms with Crippen LogP contribution in [-0.2, 0) is 10.0 Å². The van der Waals surface area contributed by atoms with E-state index in [4.69, 9.17) is 11.6 Å². The number of sulfonamides is 1. The molecule has 26 heavy (non-hydrogen) atoms. The fourth-order valence-corrected chi connectivity index (χ4v) is 5.26. The Morgan fingerprint density at radius 3 is 2.46 bits per heavy atom. The van der Waals surface area contributed by atoms with Crippen LogP contribution >= 0.6 is 11.6 Å². The molecule has 0 aromatic heterocycles. The van der Waals surface area contributed by atoms with Crippen LogP contribution in [0.2, 0.25) is 5.02 Å². The van der Waals surface area contributed by atoms with Crippen LogP contribution in [0, 0.1) is 0 Å². The Hall–Kier alpha value is -1.15. The molecular weight excluding hydrogens is 374 g/mol. The number of hydrogen-bond donors (Lipinski definition) is 1. The van der Waals surface area contributed by atoms with E-state index in [1.54, 1.807) is 0 Å². The molecule has 1 saturated carbocycles. The molecule has 0 radical (unpaired) electrons. The Morgan fingerprint density at radius 2 is 1.85 bits per heavy atom. The van der Waals surface area contributed by atoms with Crippen LogP contribution in [0.3, 0.4) is 0 Å². The molecule has 1 aromatic rings. The number of piperazine rings is 1. The number of carbonyl (C=O) groups is 1. The van der Waals surface area contributed by atoms with Crippen LogP contribution in [0.25, 0.3) is 0 Å². The SMILES string of the molecule is CCN1CCN(S(=O)(=O)c2ccc(Cl)c(C(=O)NC3CCCC3)c2)CC1. The normalized spacial score (nSPS) is 20.4. The lowest BCUT2D eigenvalue weighted by atomic mass is 10.2. The lowest BCUT2D eigenvalue weighted by Crippen LogP contribution is -2.48. The van der Waals surface area contributed by atoms with Gasteiger partial charge in [0.1, 0.15) is 0 Å². The monoisotopic (exact) mass is 399 g/mol. The molecule has 1 saturated heterocycles. The van der Waals surface area contributed by atoms with Crippen molar-refractivity contribution < 1.29 is 13.2 Å². The molecule has 1 amide bonds. The molecule has 3 rings (SSSR count). The van der Waals surface area contributed by atoms with Crippen molar-refractivity contribution in [3.63, 3.8) is 0 Å². The van der Waals surface area contributed by atoms with Gasteiger partial charge in [-0.25, -0.2) is 8.42 Å². The minimum absolute atomic E-state index is 0.128. The molecule has 0 atom stereocenters. The van der Waals surface area contributed by atoms with Gasteiger partial charge in [-0.2, -0.15) is 4.31 Å². The summed E-state index contributed by atoms with van der Waals surface area (Å²) < 4.78 is 27.4. The third kappa shape index (κ3) is 4.22. The van der Waals surface area contributed by atoms with Crippen LogP contribution in [0.1, 0.15) is 43.0 Å². The zero-order chi connectivity index (χ0) is 18.7. The smallest absolute Gasteiger partial charge is 0.253 e. The van der Waals surface area contributed by atoms with Gasteiger partial charge >= 0.3 is 0 Å². The van der Waals surface area contributed by atoms with Gasteiger partial charge in [-0.1, -0.05) is 31.4 Å². The maximum atomic E-state index is 12.9. The molecule has 0 spiro atoms. The lowest BCUT2D eigenvalue weighted by molar-refractivity contribution is 0.0938. The van der Waals surface area contributed by atoms with Crippen molar-refractivity contribution >= 4 is 27.5 Å². The second-order valence-corrected chi connectivity index (χ2v) is 9.28. The molecule has 144 valence electrons. The summed E-state index contributed by atoms with van der Waals surface area (Å²) in [5, 5.41) is 3.24. The molecule has 0 bridgehead atoms. The highest BCUT2D eigenvalue weighted by Crippen LogP contribution is 2.25. The molecule has 1 N–H and O–H groups in total. The Morgan fingerprint density at radius 1 is 1.19 bits per heavy atom. The summed E-state index contributed by atoms with van der Waals surface area (Å²) in [6.07, 6.45) is 4.14. The van der Waals surface area contributed by atoms with E-state index in [1.807, 2.05) is 0 Å². The second kappa shape index (κ2) is 8.25. The van der Waals surface area contributed by atoms with Crippen molar-refractivity contribution in [2.24, 2.45) is 0 Å². The average molecular weight is 400 g/mol. The predicted molar refractivity (Wildman–Crippen MR) is 102 cm³/mol. The van der Waals surface area contributed by atoms with E-state index in [2.05, 4.69) is 17.1 Å². The predicted octanol–water partition coefficient (Wildman–Crippen LogP) is 2.34. The van der Waals surface area contributed by atoms with Crippen LogP contribution in [0.15, 0.2) is 23.1 Å². The van der Waals surface area contributed by atoms with Gasteiger partial charge in [0.05, 0.1) is 15.5 Å². The van der Waals surface area contributed by atoms with Gasteiger partial charge in [-0.3, -0.25) is 4.79 Å². The number of nitrogens with one attached hydrogen (secondary N) is 1. The highest BCUT2D eigenvalue weighted by atomic mass is 35.5. The molecule has 1 heterocycles. The van der Waals surface area contributed by atoms with Gasteiger partial charge < -0.3 is 10.2 Å². The standard InChI is InChI=1S/C18H26ClN3O3S/c1-2-21-9-11-22(12-10-21)26(24,25)15-7-8-17(19)16(13-15)18(23)20-14-5-3-4-6-14/h7-8,13-14H,2-6,9-12H2,1H3,(H,20,23). The molecule has 1 aromatic carbocycles. The minimum Gasteiger partial charge on any atom is -0.349 e. The van der Waals surface area contributed by atoms with Gasteiger partial charge in [0.15, 0.2) is 0 Å². The third-order valence-corrected chi connectivity index (χ3v) is 7.51. The minimum atomic E-state index is -3.63. The van der Waals surface area contributed by atoms with E-state index >= 15 is 0 Å². The molecule has 8 heteroatoms. The summed E-state index contributed by atoms with van der Waals surface area (Å²) >= 11 is 6.17. The van der Waals surface area contributed by atoms with E-state index in [0.29, 0.717) is 13.1 Å². The average Bonchev–Trinajstić information content (AvgIpc) is 3.14. The molecule has 1 aliphatic carbocycles. The van der Waals surface area contributed by atoms with Gasteiger partial charge in [0.25, 0.3) is 5.91 Å². The Bertz CT molecular complexity index is 755. The first-order chi connectivity index (χ1) is 12.4. The highest BCUT2D eigenvalue weighted by molar-refractivity contribution is 7.89. The largest absolute Gasteiger partial charge is 0.349 e. The first-order valence-electron chi connectivity index (χ1n) is 9.24. The summed E-state index contributed by atoms with van der Waals surface area (Å²) in [6.45, 7) is 5.35. The molecule has 2 fully saturated rings. The van der Waals surface area contributed by atoms with E-state index in [0.717, 1.165) is 45.3 Å². The van der Waals surface area contributed by atoms with Crippen molar-refractivity contribution in [2.75, 3.05) is 32.7 Å². The number of amides is 1. The number of carbonyl (C=O) groups excluding carboxylic acids is 1. The van der Waals surface area contributed by atoms with Gasteiger partial charge in [0, 0.05) is 32.2 Å². The first-order valence-corrected chi connectivity index (χ1v) is 11.1. The maximum absolute atomic E-state index is 12.9. The Labute approximate surface area is 160 Å². The second-order valence-electron chi connectivity index (χ2n) is 6.93. The van der Waals surface area contributed by atoms with E-state index < -0.39 is 10.0 Å². The number of nitrogens with zero attached hydrogens (tertiary/aromatic N) is 2. The first kappa shape index (κ1) is 19.6. The zero-order valence-electron chi connectivity index (χ0n) is 15.1. The summed E-state index contributed by atoms with van der Waals surface area (Å²) in [4.78, 5) is 14.9. The fraction of sp³-hybridized carbons (Fsp3) is 0.611. The number of benzene rings is 1. The molecular formula is C18H26ClN3O3S. The third-order valence-electron chi connectivity index (χ3n) is 5.29. The summed E-state index contributed by atoms with van der Waals surface area (Å²) in [5.74, 6) is -0.297. The van der Waals surface area contributed by atoms with E-state index in [-0.39, 0.29) is 27.4 Å². The molecule has 1 aliphatic heterocycles. The fourth-order valence-electron chi connectivity index (χ4n) is 3.61. The van der Waals surface area contributed by atoms with Crippen molar-refractivity contribution in [3.8, 4) is 0 Å². The summed E-state index contributed by atoms with van der Waals surface area (Å²) in [6, 6.07) is 4.55. The lowest BCUT2D eigenvalue weighted by Gasteiger charge is -2.33. The topological polar surface area (TPSA) is 69.7 Å². The number of hydrogen-bond acceptors (Lipinski definition) is 4. The quantitative estimate of drug-likeness (QED) is 0.825. The van der Waals surface area contributed by atoms with Gasteiger partial charge in [0.2, 0.25) is 10.0 Å². The van der Waals surface area contributed by atoms with Crippen molar-refractivity contribution in [2.45, 2.75) is 43.5 Å². The summed E-state index contributed by atoms with van der Waals surface area (Å²) in [7, 11) is -3.63. The number of likely N-dealkylation sites (N-methyl/N-ethyl adjacent to an activating group) is 1. The highest BCUT2D eigenvalue weighted by Gasteiger charge is 2.29. The van der Waals surface area contributed by atoms with Gasteiger partial charge in [-0.05, 0) is 37.6 Å². The molecule has 2 aliphatic rings. The maximum Gasteiger partial charge on any atom is 0.253 e. The zero-order valence-corrected chi connectivity index (χ0v) is 16.7. The number of halogens is 1. The van der Waals surface area contributed by atoms with Crippen LogP contribution < -0.4 is 5.32 Å². The molecule has 0 unspecified atom stereocenters.